The SMILES string of the molecule is O=C(NCCn1nc2c(cc1=O)CCC2)c1cc(-c2ccccc2)n[nH]1. The monoisotopic (exact) mass is 349 g/mol. The number of fused-ring (bicyclic) bond motifs is 1. The number of aromatic nitrogens is 4. The van der Waals surface area contributed by atoms with Gasteiger partial charge in [0.15, 0.2) is 0 Å². The summed E-state index contributed by atoms with van der Waals surface area (Å²) < 4.78 is 1.42. The van der Waals surface area contributed by atoms with Crippen molar-refractivity contribution >= 4 is 5.91 Å². The highest BCUT2D eigenvalue weighted by atomic mass is 16.2. The van der Waals surface area contributed by atoms with Gasteiger partial charge in [0, 0.05) is 18.2 Å². The number of nitrogens with one attached hydrogen (secondary N) is 2. The first kappa shape index (κ1) is 16.3. The molecule has 0 radical (unpaired) electrons. The molecular formula is C19H19N5O2. The standard InChI is InChI=1S/C19H19N5O2/c25-18-11-14-7-4-8-15(14)23-24(18)10-9-20-19(26)17-12-16(21-22-17)13-5-2-1-3-6-13/h1-3,5-6,11-12H,4,7-10H2,(H,20,26)(H,21,22). The average Bonchev–Trinajstić information content (AvgIpc) is 3.31. The minimum atomic E-state index is -0.256. The molecule has 7 heteroatoms. The summed E-state index contributed by atoms with van der Waals surface area (Å²) in [5.74, 6) is -0.256. The Morgan fingerprint density at radius 2 is 2.04 bits per heavy atom. The minimum Gasteiger partial charge on any atom is -0.349 e. The van der Waals surface area contributed by atoms with Crippen LogP contribution in [0.1, 0.15) is 28.2 Å². The van der Waals surface area contributed by atoms with Gasteiger partial charge in [-0.2, -0.15) is 10.2 Å². The van der Waals surface area contributed by atoms with Crippen molar-refractivity contribution in [2.45, 2.75) is 25.8 Å². The molecule has 0 saturated carbocycles. The second kappa shape index (κ2) is 6.95. The second-order valence-electron chi connectivity index (χ2n) is 6.32. The fraction of sp³-hybridized carbons (Fsp3) is 0.263. The molecule has 132 valence electrons. The Bertz CT molecular complexity index is 991. The van der Waals surface area contributed by atoms with Gasteiger partial charge >= 0.3 is 0 Å². The molecular weight excluding hydrogens is 330 g/mol. The molecule has 2 aromatic heterocycles. The van der Waals surface area contributed by atoms with Crippen molar-refractivity contribution in [2.24, 2.45) is 0 Å². The number of carbonyl (C=O) groups excluding carboxylic acids is 1. The lowest BCUT2D eigenvalue weighted by atomic mass is 10.1. The van der Waals surface area contributed by atoms with Crippen LogP contribution >= 0.6 is 0 Å². The lowest BCUT2D eigenvalue weighted by Gasteiger charge is -2.07. The summed E-state index contributed by atoms with van der Waals surface area (Å²) in [6, 6.07) is 13.0. The molecule has 0 atom stereocenters. The first-order chi connectivity index (χ1) is 12.7. The number of amides is 1. The zero-order valence-electron chi connectivity index (χ0n) is 14.2. The Hall–Kier alpha value is -3.22. The Labute approximate surface area is 150 Å². The number of H-pyrrole nitrogens is 1. The molecule has 0 aliphatic heterocycles. The summed E-state index contributed by atoms with van der Waals surface area (Å²) in [5.41, 5.74) is 3.98. The fourth-order valence-electron chi connectivity index (χ4n) is 3.16. The molecule has 0 unspecified atom stereocenters. The normalized spacial score (nSPS) is 12.8. The van der Waals surface area contributed by atoms with Crippen molar-refractivity contribution in [3.05, 3.63) is 69.8 Å². The van der Waals surface area contributed by atoms with Gasteiger partial charge in [-0.3, -0.25) is 14.7 Å². The predicted molar refractivity (Wildman–Crippen MR) is 96.9 cm³/mol. The molecule has 0 spiro atoms. The fourth-order valence-corrected chi connectivity index (χ4v) is 3.16. The number of hydrogen-bond donors (Lipinski definition) is 2. The van der Waals surface area contributed by atoms with E-state index >= 15 is 0 Å². The maximum atomic E-state index is 12.3. The first-order valence-corrected chi connectivity index (χ1v) is 8.69. The molecule has 2 heterocycles. The molecule has 1 amide bonds. The van der Waals surface area contributed by atoms with E-state index in [0.29, 0.717) is 24.5 Å². The molecule has 2 N–H and O–H groups in total. The Balaban J connectivity index is 1.38. The zero-order valence-corrected chi connectivity index (χ0v) is 14.2. The molecule has 0 fully saturated rings. The van der Waals surface area contributed by atoms with Gasteiger partial charge < -0.3 is 5.32 Å². The third-order valence-corrected chi connectivity index (χ3v) is 4.53. The van der Waals surface area contributed by atoms with Crippen LogP contribution in [0.5, 0.6) is 0 Å². The van der Waals surface area contributed by atoms with Gasteiger partial charge in [-0.1, -0.05) is 30.3 Å². The average molecular weight is 349 g/mol. The summed E-state index contributed by atoms with van der Waals surface area (Å²) in [7, 11) is 0. The summed E-state index contributed by atoms with van der Waals surface area (Å²) in [6.07, 6.45) is 2.89. The summed E-state index contributed by atoms with van der Waals surface area (Å²) >= 11 is 0. The Morgan fingerprint density at radius 3 is 2.88 bits per heavy atom. The molecule has 1 aromatic carbocycles. The number of carbonyl (C=O) groups is 1. The molecule has 3 aromatic rings. The number of nitrogens with zero attached hydrogens (tertiary/aromatic N) is 3. The molecule has 7 nitrogen and oxygen atoms in total. The van der Waals surface area contributed by atoms with Crippen LogP contribution in [-0.2, 0) is 19.4 Å². The lowest BCUT2D eigenvalue weighted by Crippen LogP contribution is -2.32. The third kappa shape index (κ3) is 3.28. The van der Waals surface area contributed by atoms with E-state index in [0.717, 1.165) is 36.1 Å². The molecule has 26 heavy (non-hydrogen) atoms. The zero-order chi connectivity index (χ0) is 17.9. The van der Waals surface area contributed by atoms with Crippen LogP contribution in [0.15, 0.2) is 47.3 Å². The highest BCUT2D eigenvalue weighted by molar-refractivity contribution is 5.93. The first-order valence-electron chi connectivity index (χ1n) is 8.69. The van der Waals surface area contributed by atoms with Crippen molar-refractivity contribution in [3.8, 4) is 11.3 Å². The van der Waals surface area contributed by atoms with E-state index in [9.17, 15) is 9.59 Å². The molecule has 4 rings (SSSR count). The van der Waals surface area contributed by atoms with E-state index in [4.69, 9.17) is 0 Å². The number of hydrogen-bond acceptors (Lipinski definition) is 4. The van der Waals surface area contributed by atoms with Crippen molar-refractivity contribution in [1.82, 2.24) is 25.3 Å². The summed E-state index contributed by atoms with van der Waals surface area (Å²) in [4.78, 5) is 24.3. The van der Waals surface area contributed by atoms with Gasteiger partial charge in [0.2, 0.25) is 0 Å². The highest BCUT2D eigenvalue weighted by Gasteiger charge is 2.15. The number of aryl methyl sites for hydroxylation is 2. The Morgan fingerprint density at radius 1 is 1.19 bits per heavy atom. The topological polar surface area (TPSA) is 92.7 Å². The quantitative estimate of drug-likeness (QED) is 0.731. The van der Waals surface area contributed by atoms with E-state index in [1.165, 1.54) is 4.68 Å². The van der Waals surface area contributed by atoms with Gasteiger partial charge in [0.1, 0.15) is 5.69 Å². The van der Waals surface area contributed by atoms with E-state index in [1.807, 2.05) is 30.3 Å². The van der Waals surface area contributed by atoms with E-state index in [2.05, 4.69) is 20.6 Å². The van der Waals surface area contributed by atoms with Gasteiger partial charge in [-0.25, -0.2) is 4.68 Å². The van der Waals surface area contributed by atoms with Gasteiger partial charge in [-0.15, -0.1) is 0 Å². The smallest absolute Gasteiger partial charge is 0.269 e. The number of rotatable bonds is 5. The highest BCUT2D eigenvalue weighted by Crippen LogP contribution is 2.17. The predicted octanol–water partition coefficient (Wildman–Crippen LogP) is 1.55. The van der Waals surface area contributed by atoms with Crippen LogP contribution in [-0.4, -0.2) is 32.4 Å². The largest absolute Gasteiger partial charge is 0.349 e. The van der Waals surface area contributed by atoms with Gasteiger partial charge in [0.25, 0.3) is 11.5 Å². The third-order valence-electron chi connectivity index (χ3n) is 4.53. The van der Waals surface area contributed by atoms with E-state index < -0.39 is 0 Å². The maximum Gasteiger partial charge on any atom is 0.269 e. The van der Waals surface area contributed by atoms with Crippen LogP contribution in [0.4, 0.5) is 0 Å². The molecule has 1 aliphatic rings. The maximum absolute atomic E-state index is 12.3. The summed E-state index contributed by atoms with van der Waals surface area (Å²) in [6.45, 7) is 0.668. The van der Waals surface area contributed by atoms with Crippen LogP contribution in [0.2, 0.25) is 0 Å². The van der Waals surface area contributed by atoms with E-state index in [1.54, 1.807) is 12.1 Å². The molecule has 1 aliphatic carbocycles. The second-order valence-corrected chi connectivity index (χ2v) is 6.32. The molecule has 0 saturated heterocycles. The van der Waals surface area contributed by atoms with Crippen LogP contribution in [0, 0.1) is 0 Å². The van der Waals surface area contributed by atoms with Crippen LogP contribution in [0.25, 0.3) is 11.3 Å². The van der Waals surface area contributed by atoms with Crippen molar-refractivity contribution in [1.29, 1.82) is 0 Å². The van der Waals surface area contributed by atoms with Crippen LogP contribution in [0.3, 0.4) is 0 Å². The molecule has 0 bridgehead atoms. The summed E-state index contributed by atoms with van der Waals surface area (Å²) in [5, 5.41) is 14.1. The van der Waals surface area contributed by atoms with Crippen molar-refractivity contribution in [3.63, 3.8) is 0 Å². The van der Waals surface area contributed by atoms with Gasteiger partial charge in [0.05, 0.1) is 17.9 Å². The van der Waals surface area contributed by atoms with Crippen LogP contribution < -0.4 is 10.9 Å². The lowest BCUT2D eigenvalue weighted by molar-refractivity contribution is 0.0946. The minimum absolute atomic E-state index is 0.118. The van der Waals surface area contributed by atoms with Crippen molar-refractivity contribution in [2.75, 3.05) is 6.54 Å². The van der Waals surface area contributed by atoms with E-state index in [-0.39, 0.29) is 11.5 Å². The number of aromatic amines is 1. The Kier molecular flexibility index (Phi) is 4.35. The van der Waals surface area contributed by atoms with Crippen molar-refractivity contribution < 1.29 is 4.79 Å². The van der Waals surface area contributed by atoms with Gasteiger partial charge in [-0.05, 0) is 30.9 Å². The number of benzene rings is 1.